The van der Waals surface area contributed by atoms with Crippen LogP contribution in [-0.2, 0) is 9.53 Å². The molecule has 2 fully saturated rings. The summed E-state index contributed by atoms with van der Waals surface area (Å²) in [6.07, 6.45) is 1.84. The van der Waals surface area contributed by atoms with Crippen LogP contribution in [0.3, 0.4) is 0 Å². The van der Waals surface area contributed by atoms with Crippen LogP contribution in [0.5, 0.6) is 0 Å². The first-order valence-corrected chi connectivity index (χ1v) is 6.67. The van der Waals surface area contributed by atoms with Crippen molar-refractivity contribution in [3.8, 4) is 0 Å². The molecule has 7 heteroatoms. The lowest BCUT2D eigenvalue weighted by molar-refractivity contribution is -0.140. The van der Waals surface area contributed by atoms with Crippen molar-refractivity contribution in [2.24, 2.45) is 0 Å². The molecule has 0 aromatic carbocycles. The number of urea groups is 1. The molecule has 2 amide bonds. The number of carbonyl (C=O) groups is 2. The molecule has 2 aliphatic rings. The maximum absolute atomic E-state index is 11.9. The largest absolute Gasteiger partial charge is 0.480 e. The fraction of sp³-hybridized carbons (Fsp3) is 0.800. The molecule has 1 aliphatic heterocycles. The number of amides is 2. The molecule has 1 aliphatic carbocycles. The molecular weight excluding hydrogens is 244 g/mol. The summed E-state index contributed by atoms with van der Waals surface area (Å²) < 4.78 is 5.12. The van der Waals surface area contributed by atoms with Crippen LogP contribution in [0.25, 0.3) is 0 Å². The molecule has 0 bridgehead atoms. The van der Waals surface area contributed by atoms with Gasteiger partial charge in [0.05, 0.1) is 12.0 Å². The minimum absolute atomic E-state index is 0.118. The van der Waals surface area contributed by atoms with E-state index in [1.165, 1.54) is 16.7 Å². The zero-order chi connectivity index (χ0) is 12.4. The van der Waals surface area contributed by atoms with Gasteiger partial charge in [-0.25, -0.2) is 9.59 Å². The third-order valence-corrected chi connectivity index (χ3v) is 4.20. The number of hydrogen-bond donors (Lipinski definition) is 2. The van der Waals surface area contributed by atoms with Gasteiger partial charge in [0.25, 0.3) is 0 Å². The van der Waals surface area contributed by atoms with E-state index in [0.29, 0.717) is 11.6 Å². The number of ether oxygens (including phenoxy) is 1. The Morgan fingerprint density at radius 3 is 2.76 bits per heavy atom. The van der Waals surface area contributed by atoms with E-state index in [1.807, 2.05) is 0 Å². The molecule has 2 N–H and O–H groups in total. The highest BCUT2D eigenvalue weighted by Crippen LogP contribution is 2.25. The topological polar surface area (TPSA) is 78.9 Å². The SMILES string of the molecule is COC1CC(NC(=O)N2CSCC2C(=O)O)C1. The molecule has 17 heavy (non-hydrogen) atoms. The van der Waals surface area contributed by atoms with Crippen LogP contribution in [0.2, 0.25) is 0 Å². The Hall–Kier alpha value is -0.950. The molecule has 0 aromatic rings. The summed E-state index contributed by atoms with van der Waals surface area (Å²) in [5.74, 6) is -0.0225. The van der Waals surface area contributed by atoms with Crippen LogP contribution in [0, 0.1) is 0 Å². The van der Waals surface area contributed by atoms with Crippen molar-refractivity contribution in [3.05, 3.63) is 0 Å². The van der Waals surface area contributed by atoms with Gasteiger partial charge in [-0.2, -0.15) is 0 Å². The van der Waals surface area contributed by atoms with Crippen molar-refractivity contribution in [2.75, 3.05) is 18.7 Å². The summed E-state index contributed by atoms with van der Waals surface area (Å²) in [7, 11) is 1.65. The quantitative estimate of drug-likeness (QED) is 0.764. The maximum atomic E-state index is 11.9. The molecule has 2 rings (SSSR count). The van der Waals surface area contributed by atoms with Gasteiger partial charge in [-0.1, -0.05) is 0 Å². The van der Waals surface area contributed by atoms with Gasteiger partial charge in [-0.15, -0.1) is 11.8 Å². The number of carboxylic acid groups (broad SMARTS) is 1. The number of aliphatic carboxylic acids is 1. The second kappa shape index (κ2) is 5.14. The Labute approximate surface area is 104 Å². The van der Waals surface area contributed by atoms with Crippen LogP contribution in [0.15, 0.2) is 0 Å². The van der Waals surface area contributed by atoms with Crippen LogP contribution in [0.1, 0.15) is 12.8 Å². The number of thioether (sulfide) groups is 1. The van der Waals surface area contributed by atoms with Crippen LogP contribution in [-0.4, -0.2) is 58.9 Å². The predicted molar refractivity (Wildman–Crippen MR) is 62.9 cm³/mol. The average molecular weight is 260 g/mol. The summed E-state index contributed by atoms with van der Waals surface area (Å²) in [6, 6.07) is -0.854. The Morgan fingerprint density at radius 1 is 1.47 bits per heavy atom. The molecule has 96 valence electrons. The van der Waals surface area contributed by atoms with E-state index in [4.69, 9.17) is 9.84 Å². The first-order valence-electron chi connectivity index (χ1n) is 5.52. The highest BCUT2D eigenvalue weighted by atomic mass is 32.2. The number of nitrogens with one attached hydrogen (secondary N) is 1. The zero-order valence-electron chi connectivity index (χ0n) is 9.59. The van der Waals surface area contributed by atoms with Crippen LogP contribution < -0.4 is 5.32 Å². The lowest BCUT2D eigenvalue weighted by Gasteiger charge is -2.36. The van der Waals surface area contributed by atoms with Gasteiger partial charge < -0.3 is 20.1 Å². The van der Waals surface area contributed by atoms with Crippen molar-refractivity contribution in [2.45, 2.75) is 31.0 Å². The second-order valence-corrected chi connectivity index (χ2v) is 5.30. The Morgan fingerprint density at radius 2 is 2.18 bits per heavy atom. The fourth-order valence-corrected chi connectivity index (χ4v) is 3.13. The minimum atomic E-state index is -0.937. The molecule has 1 atom stereocenters. The molecule has 6 nitrogen and oxygen atoms in total. The molecule has 1 heterocycles. The molecule has 1 unspecified atom stereocenters. The maximum Gasteiger partial charge on any atom is 0.327 e. The third-order valence-electron chi connectivity index (χ3n) is 3.18. The number of methoxy groups -OCH3 is 1. The number of hydrogen-bond acceptors (Lipinski definition) is 4. The lowest BCUT2D eigenvalue weighted by atomic mass is 9.89. The number of rotatable bonds is 3. The summed E-state index contributed by atoms with van der Waals surface area (Å²) in [6.45, 7) is 0. The van der Waals surface area contributed by atoms with Gasteiger partial charge in [0, 0.05) is 18.9 Å². The van der Waals surface area contributed by atoms with Gasteiger partial charge in [0.15, 0.2) is 0 Å². The van der Waals surface area contributed by atoms with Gasteiger partial charge >= 0.3 is 12.0 Å². The Kier molecular flexibility index (Phi) is 3.78. The molecule has 0 aromatic heterocycles. The molecular formula is C10H16N2O4S. The summed E-state index contributed by atoms with van der Waals surface area (Å²) in [5.41, 5.74) is 0. The zero-order valence-corrected chi connectivity index (χ0v) is 10.4. The molecule has 0 spiro atoms. The van der Waals surface area contributed by atoms with Gasteiger partial charge in [-0.05, 0) is 12.8 Å². The number of carbonyl (C=O) groups excluding carboxylic acids is 1. The number of carboxylic acids is 1. The van der Waals surface area contributed by atoms with E-state index >= 15 is 0 Å². The van der Waals surface area contributed by atoms with E-state index in [1.54, 1.807) is 7.11 Å². The number of nitrogens with zero attached hydrogens (tertiary/aromatic N) is 1. The van der Waals surface area contributed by atoms with Crippen molar-refractivity contribution in [1.82, 2.24) is 10.2 Å². The Balaban J connectivity index is 1.82. The monoisotopic (exact) mass is 260 g/mol. The van der Waals surface area contributed by atoms with Crippen molar-refractivity contribution in [1.29, 1.82) is 0 Å². The predicted octanol–water partition coefficient (Wildman–Crippen LogP) is 0.333. The summed E-state index contributed by atoms with van der Waals surface area (Å²) >= 11 is 1.46. The highest BCUT2D eigenvalue weighted by molar-refractivity contribution is 7.99. The van der Waals surface area contributed by atoms with E-state index in [-0.39, 0.29) is 18.2 Å². The second-order valence-electron chi connectivity index (χ2n) is 4.30. The molecule has 0 radical (unpaired) electrons. The van der Waals surface area contributed by atoms with Crippen molar-refractivity contribution < 1.29 is 19.4 Å². The molecule has 1 saturated carbocycles. The standard InChI is InChI=1S/C10H16N2O4S/c1-16-7-2-6(3-7)11-10(15)12-5-17-4-8(12)9(13)14/h6-8H,2-5H2,1H3,(H,11,15)(H,13,14). The van der Waals surface area contributed by atoms with E-state index < -0.39 is 12.0 Å². The minimum Gasteiger partial charge on any atom is -0.480 e. The first-order chi connectivity index (χ1) is 8.11. The van der Waals surface area contributed by atoms with Gasteiger partial charge in [0.1, 0.15) is 6.04 Å². The first kappa shape index (κ1) is 12.5. The smallest absolute Gasteiger partial charge is 0.327 e. The van der Waals surface area contributed by atoms with Crippen molar-refractivity contribution in [3.63, 3.8) is 0 Å². The lowest BCUT2D eigenvalue weighted by Crippen LogP contribution is -2.54. The summed E-state index contributed by atoms with van der Waals surface area (Å²) in [4.78, 5) is 24.2. The van der Waals surface area contributed by atoms with Gasteiger partial charge in [-0.3, -0.25) is 0 Å². The Bertz CT molecular complexity index is 319. The van der Waals surface area contributed by atoms with E-state index in [2.05, 4.69) is 5.32 Å². The summed E-state index contributed by atoms with van der Waals surface area (Å²) in [5, 5.41) is 11.8. The average Bonchev–Trinajstić information content (AvgIpc) is 2.71. The van der Waals surface area contributed by atoms with Crippen LogP contribution in [0.4, 0.5) is 4.79 Å². The van der Waals surface area contributed by atoms with Crippen LogP contribution >= 0.6 is 11.8 Å². The van der Waals surface area contributed by atoms with Crippen molar-refractivity contribution >= 4 is 23.8 Å². The normalized spacial score (nSPS) is 32.1. The van der Waals surface area contributed by atoms with E-state index in [9.17, 15) is 9.59 Å². The van der Waals surface area contributed by atoms with E-state index in [0.717, 1.165) is 12.8 Å². The fourth-order valence-electron chi connectivity index (χ4n) is 1.98. The van der Waals surface area contributed by atoms with Gasteiger partial charge in [0.2, 0.25) is 0 Å². The highest BCUT2D eigenvalue weighted by Gasteiger charge is 2.37. The third kappa shape index (κ3) is 2.66. The molecule has 1 saturated heterocycles.